The van der Waals surface area contributed by atoms with Crippen LogP contribution >= 0.6 is 0 Å². The minimum Gasteiger partial charge on any atom is -0.490 e. The Bertz CT molecular complexity index is 945. The molecule has 4 rings (SSSR count). The summed E-state index contributed by atoms with van der Waals surface area (Å²) in [6, 6.07) is 13.6. The molecule has 1 saturated heterocycles. The molecule has 1 N–H and O–H groups in total. The summed E-state index contributed by atoms with van der Waals surface area (Å²) >= 11 is 0. The molecule has 174 valence electrons. The van der Waals surface area contributed by atoms with Crippen LogP contribution in [0.5, 0.6) is 5.75 Å². The average molecular weight is 438 g/mol. The van der Waals surface area contributed by atoms with Gasteiger partial charge in [0.15, 0.2) is 0 Å². The molecular weight excluding hydrogens is 398 g/mol. The average Bonchev–Trinajstić information content (AvgIpc) is 2.73. The Kier molecular flexibility index (Phi) is 6.80. The molecule has 0 amide bonds. The van der Waals surface area contributed by atoms with Gasteiger partial charge in [-0.2, -0.15) is 0 Å². The first kappa shape index (κ1) is 23.1. The minimum absolute atomic E-state index is 0.184. The van der Waals surface area contributed by atoms with Crippen LogP contribution in [0.25, 0.3) is 10.8 Å². The van der Waals surface area contributed by atoms with Crippen LogP contribution in [0.3, 0.4) is 0 Å². The van der Waals surface area contributed by atoms with Crippen molar-refractivity contribution >= 4 is 16.7 Å². The standard InChI is InChI=1S/C28H39NO3/c1-5-26(29-12-10-20(11-13-29)27(30)31)23-7-6-22-16-24(9-8-21(22)15-23)32-25-14-19(2)17-28(3,4)18-25/h6-9,15-16,19-20,25-26H,5,10-14,17-18H2,1-4H3,(H,30,31). The van der Waals surface area contributed by atoms with Crippen LogP contribution in [0, 0.1) is 17.3 Å². The molecule has 3 atom stereocenters. The molecule has 2 aliphatic rings. The first-order chi connectivity index (χ1) is 15.2. The number of nitrogens with zero attached hydrogens (tertiary/aromatic N) is 1. The number of benzene rings is 2. The van der Waals surface area contributed by atoms with E-state index in [1.165, 1.54) is 22.8 Å². The van der Waals surface area contributed by atoms with Crippen molar-refractivity contribution in [1.29, 1.82) is 0 Å². The highest BCUT2D eigenvalue weighted by molar-refractivity contribution is 5.84. The van der Waals surface area contributed by atoms with Gasteiger partial charge in [-0.3, -0.25) is 9.69 Å². The van der Waals surface area contributed by atoms with Gasteiger partial charge in [0, 0.05) is 6.04 Å². The molecule has 1 saturated carbocycles. The number of fused-ring (bicyclic) bond motifs is 1. The van der Waals surface area contributed by atoms with E-state index in [4.69, 9.17) is 4.74 Å². The molecule has 3 unspecified atom stereocenters. The zero-order chi connectivity index (χ0) is 22.9. The molecule has 2 fully saturated rings. The highest BCUT2D eigenvalue weighted by Crippen LogP contribution is 2.40. The number of hydrogen-bond donors (Lipinski definition) is 1. The lowest BCUT2D eigenvalue weighted by Gasteiger charge is -2.38. The number of hydrogen-bond acceptors (Lipinski definition) is 3. The second kappa shape index (κ2) is 9.43. The molecule has 0 bridgehead atoms. The van der Waals surface area contributed by atoms with E-state index in [-0.39, 0.29) is 5.92 Å². The molecule has 0 radical (unpaired) electrons. The van der Waals surface area contributed by atoms with Crippen LogP contribution in [-0.4, -0.2) is 35.2 Å². The third-order valence-electron chi connectivity index (χ3n) is 7.58. The largest absolute Gasteiger partial charge is 0.490 e. The lowest BCUT2D eigenvalue weighted by Crippen LogP contribution is -2.38. The summed E-state index contributed by atoms with van der Waals surface area (Å²) in [5, 5.41) is 11.7. The van der Waals surface area contributed by atoms with E-state index in [0.29, 0.717) is 23.5 Å². The molecule has 1 aliphatic heterocycles. The Morgan fingerprint density at radius 3 is 2.47 bits per heavy atom. The molecular formula is C28H39NO3. The first-order valence-corrected chi connectivity index (χ1v) is 12.4. The molecule has 1 heterocycles. The van der Waals surface area contributed by atoms with Crippen molar-refractivity contribution in [3.05, 3.63) is 42.0 Å². The van der Waals surface area contributed by atoms with E-state index in [1.54, 1.807) is 0 Å². The first-order valence-electron chi connectivity index (χ1n) is 12.4. The fourth-order valence-corrected chi connectivity index (χ4v) is 6.23. The fourth-order valence-electron chi connectivity index (χ4n) is 6.23. The summed E-state index contributed by atoms with van der Waals surface area (Å²) in [5.41, 5.74) is 1.67. The molecule has 32 heavy (non-hydrogen) atoms. The maximum absolute atomic E-state index is 11.3. The summed E-state index contributed by atoms with van der Waals surface area (Å²) < 4.78 is 6.44. The van der Waals surface area contributed by atoms with Crippen LogP contribution in [0.15, 0.2) is 36.4 Å². The number of ether oxygens (including phenoxy) is 1. The number of rotatable bonds is 6. The molecule has 2 aromatic rings. The summed E-state index contributed by atoms with van der Waals surface area (Å²) in [6.45, 7) is 11.0. The lowest BCUT2D eigenvalue weighted by atomic mass is 9.71. The third kappa shape index (κ3) is 5.28. The van der Waals surface area contributed by atoms with E-state index in [1.807, 2.05) is 0 Å². The van der Waals surface area contributed by atoms with E-state index in [2.05, 4.69) is 69.0 Å². The fraction of sp³-hybridized carbons (Fsp3) is 0.607. The Morgan fingerprint density at radius 2 is 1.81 bits per heavy atom. The zero-order valence-corrected chi connectivity index (χ0v) is 20.1. The van der Waals surface area contributed by atoms with Crippen molar-refractivity contribution in [3.63, 3.8) is 0 Å². The van der Waals surface area contributed by atoms with E-state index in [9.17, 15) is 9.90 Å². The number of piperidine rings is 1. The van der Waals surface area contributed by atoms with Gasteiger partial charge in [-0.15, -0.1) is 0 Å². The van der Waals surface area contributed by atoms with Crippen LogP contribution in [0.4, 0.5) is 0 Å². The van der Waals surface area contributed by atoms with Gasteiger partial charge in [-0.25, -0.2) is 0 Å². The summed E-state index contributed by atoms with van der Waals surface area (Å²) in [5.74, 6) is 0.852. The zero-order valence-electron chi connectivity index (χ0n) is 20.1. The van der Waals surface area contributed by atoms with Gasteiger partial charge < -0.3 is 9.84 Å². The maximum atomic E-state index is 11.3. The number of carboxylic acids is 1. The monoisotopic (exact) mass is 437 g/mol. The number of carboxylic acid groups (broad SMARTS) is 1. The SMILES string of the molecule is CCC(c1ccc2cc(OC3CC(C)CC(C)(C)C3)ccc2c1)N1CCC(C(=O)O)CC1. The van der Waals surface area contributed by atoms with Crippen molar-refractivity contribution in [2.75, 3.05) is 13.1 Å². The Hall–Kier alpha value is -2.07. The smallest absolute Gasteiger partial charge is 0.306 e. The number of aliphatic carboxylic acids is 1. The predicted octanol–water partition coefficient (Wildman–Crippen LogP) is 6.68. The van der Waals surface area contributed by atoms with Gasteiger partial charge >= 0.3 is 5.97 Å². The molecule has 0 spiro atoms. The highest BCUT2D eigenvalue weighted by atomic mass is 16.5. The van der Waals surface area contributed by atoms with Crippen molar-refractivity contribution in [2.45, 2.75) is 78.4 Å². The Balaban J connectivity index is 1.47. The summed E-state index contributed by atoms with van der Waals surface area (Å²) in [7, 11) is 0. The van der Waals surface area contributed by atoms with Gasteiger partial charge in [0.1, 0.15) is 5.75 Å². The van der Waals surface area contributed by atoms with Crippen molar-refractivity contribution in [3.8, 4) is 5.75 Å². The molecule has 0 aromatic heterocycles. The van der Waals surface area contributed by atoms with Crippen LogP contribution in [-0.2, 0) is 4.79 Å². The van der Waals surface area contributed by atoms with Gasteiger partial charge in [0.2, 0.25) is 0 Å². The van der Waals surface area contributed by atoms with Gasteiger partial charge in [-0.1, -0.05) is 45.9 Å². The number of carbonyl (C=O) groups is 1. The number of likely N-dealkylation sites (tertiary alicyclic amines) is 1. The summed E-state index contributed by atoms with van der Waals surface area (Å²) in [6.07, 6.45) is 6.35. The highest BCUT2D eigenvalue weighted by Gasteiger charge is 2.33. The molecule has 4 nitrogen and oxygen atoms in total. The second-order valence-electron chi connectivity index (χ2n) is 11.0. The van der Waals surface area contributed by atoms with E-state index >= 15 is 0 Å². The normalized spacial score (nSPS) is 25.5. The Morgan fingerprint density at radius 1 is 1.12 bits per heavy atom. The molecule has 2 aromatic carbocycles. The van der Waals surface area contributed by atoms with E-state index in [0.717, 1.165) is 50.9 Å². The maximum Gasteiger partial charge on any atom is 0.306 e. The second-order valence-corrected chi connectivity index (χ2v) is 11.0. The van der Waals surface area contributed by atoms with Gasteiger partial charge in [0.25, 0.3) is 0 Å². The van der Waals surface area contributed by atoms with Gasteiger partial charge in [-0.05, 0) is 97.5 Å². The topological polar surface area (TPSA) is 49.8 Å². The van der Waals surface area contributed by atoms with Crippen molar-refractivity contribution in [1.82, 2.24) is 4.90 Å². The lowest BCUT2D eigenvalue weighted by molar-refractivity contribution is -0.143. The van der Waals surface area contributed by atoms with E-state index < -0.39 is 5.97 Å². The van der Waals surface area contributed by atoms with Crippen LogP contribution < -0.4 is 4.74 Å². The summed E-state index contributed by atoms with van der Waals surface area (Å²) in [4.78, 5) is 13.8. The minimum atomic E-state index is -0.646. The van der Waals surface area contributed by atoms with Crippen LogP contribution in [0.1, 0.15) is 77.8 Å². The quantitative estimate of drug-likeness (QED) is 0.547. The van der Waals surface area contributed by atoms with Crippen molar-refractivity contribution < 1.29 is 14.6 Å². The van der Waals surface area contributed by atoms with Gasteiger partial charge in [0.05, 0.1) is 12.0 Å². The predicted molar refractivity (Wildman–Crippen MR) is 130 cm³/mol. The van der Waals surface area contributed by atoms with Crippen LogP contribution in [0.2, 0.25) is 0 Å². The molecule has 4 heteroatoms. The Labute approximate surface area is 192 Å². The van der Waals surface area contributed by atoms with Crippen molar-refractivity contribution in [2.24, 2.45) is 17.3 Å². The third-order valence-corrected chi connectivity index (χ3v) is 7.58. The molecule has 1 aliphatic carbocycles.